The molecule has 0 saturated carbocycles. The molecule has 2 fully saturated rings. The number of aromatic nitrogens is 6. The molecule has 13 atom stereocenters. The lowest BCUT2D eigenvalue weighted by atomic mass is 9.91. The van der Waals surface area contributed by atoms with Crippen molar-refractivity contribution in [2.45, 2.75) is 145 Å². The summed E-state index contributed by atoms with van der Waals surface area (Å²) in [4.78, 5) is 61.9. The summed E-state index contributed by atoms with van der Waals surface area (Å²) >= 11 is 13.8. The minimum atomic E-state index is -4.82. The van der Waals surface area contributed by atoms with E-state index in [0.29, 0.717) is 0 Å². The summed E-state index contributed by atoms with van der Waals surface area (Å²) in [6.45, 7) is 9.91. The largest absolute Gasteiger partial charge is 0.462 e. The van der Waals surface area contributed by atoms with Crippen molar-refractivity contribution in [3.05, 3.63) is 106 Å². The number of aromatic amines is 2. The van der Waals surface area contributed by atoms with E-state index < -0.39 is 134 Å². The molecule has 0 bridgehead atoms. The molecule has 9 N–H and O–H groups in total. The monoisotopic (exact) mass is 1240 g/mol. The van der Waals surface area contributed by atoms with Crippen molar-refractivity contribution in [3.8, 4) is 11.5 Å². The fraction of sp³-hybridized carbons (Fsp3) is 0.490. The molecule has 32 heteroatoms. The van der Waals surface area contributed by atoms with Gasteiger partial charge in [0.1, 0.15) is 82.3 Å². The van der Waals surface area contributed by atoms with E-state index in [9.17, 15) is 38.5 Å². The average Bonchev–Trinajstić information content (AvgIpc) is 4.21. The molecule has 452 valence electrons. The summed E-state index contributed by atoms with van der Waals surface area (Å²) in [5.41, 5.74) is 0.498. The molecule has 0 spiro atoms. The number of hydrogen-bond acceptors (Lipinski definition) is 20. The highest BCUT2D eigenvalue weighted by atomic mass is 35.5. The van der Waals surface area contributed by atoms with Gasteiger partial charge in [-0.1, -0.05) is 36.4 Å². The van der Waals surface area contributed by atoms with Crippen LogP contribution in [-0.2, 0) is 46.7 Å². The molecular formula is C51H64Cl2F2N10O16P2. The summed E-state index contributed by atoms with van der Waals surface area (Å²) in [6, 6.07) is 15.5. The number of fused-ring (bicyclic) bond motifs is 2. The number of anilines is 2. The van der Waals surface area contributed by atoms with E-state index in [1.54, 1.807) is 50.2 Å². The molecule has 2 aliphatic heterocycles. The van der Waals surface area contributed by atoms with E-state index in [0.717, 1.165) is 0 Å². The van der Waals surface area contributed by atoms with Crippen LogP contribution in [-0.4, -0.2) is 134 Å². The van der Waals surface area contributed by atoms with Crippen molar-refractivity contribution < 1.29 is 74.8 Å². The number of rotatable bonds is 24. The van der Waals surface area contributed by atoms with Gasteiger partial charge in [-0.25, -0.2) is 17.9 Å². The Bertz CT molecular complexity index is 3550. The van der Waals surface area contributed by atoms with E-state index in [1.165, 1.54) is 106 Å². The molecule has 2 saturated heterocycles. The van der Waals surface area contributed by atoms with Gasteiger partial charge < -0.3 is 58.4 Å². The number of nitrogens with zero attached hydrogens (tertiary/aromatic N) is 4. The number of hydrogen-bond donors (Lipinski definition) is 8. The van der Waals surface area contributed by atoms with Crippen molar-refractivity contribution >= 4 is 84.6 Å². The third-order valence-electron chi connectivity index (χ3n) is 13.4. The zero-order chi connectivity index (χ0) is 60.8. The van der Waals surface area contributed by atoms with E-state index in [4.69, 9.17) is 66.0 Å². The lowest BCUT2D eigenvalue weighted by Crippen LogP contribution is -2.51. The molecule has 8 rings (SSSR count). The topological polar surface area (TPSA) is 346 Å². The Hall–Kier alpha value is -6.00. The zero-order valence-electron chi connectivity index (χ0n) is 46.2. The standard InChI is InChI=1S/C51H64Cl2F2N10O16P2/c1-26(2)74-42(70)27(3)62-82(72,78-30-16-12-10-13-17-30)80-49(8,9)37-35(67)51(53,25-55)45(77-37)65-23-21-33-39(65)59-47(61-41(33)69)57-29(5)75-43(71)28(4)63-83(73,79-31-18-14-11-15-19-31)81-48(6,7)36-34(66)50(52,24-54)44(76-36)64-22-20-32-38(64)58-46(56)60-40(32)68/h10-23,26-29,34-37,44-45,66-67H,24-25H2,1-9H3,(H,62,72)(H,63,73)(H3,56,58,60,68)(H2,57,59,61,69)/t27-,28-,29?,34?,35?,36-,37-,44+,45+,50+,51+,82?,83+/m0/s1. The fourth-order valence-electron chi connectivity index (χ4n) is 9.49. The first-order valence-corrected chi connectivity index (χ1v) is 29.7. The third kappa shape index (κ3) is 13.1. The maximum absolute atomic E-state index is 15.4. The highest BCUT2D eigenvalue weighted by Gasteiger charge is 2.64. The first kappa shape index (κ1) is 63.0. The number of carbonyl (C=O) groups excluding carboxylic acids is 2. The van der Waals surface area contributed by atoms with Gasteiger partial charge in [0.05, 0.1) is 16.9 Å². The molecule has 2 aliphatic rings. The number of aliphatic hydroxyl groups excluding tert-OH is 2. The normalized spacial score (nSPS) is 25.6. The Morgan fingerprint density at radius 1 is 0.711 bits per heavy atom. The molecule has 2 aromatic carbocycles. The summed E-state index contributed by atoms with van der Waals surface area (Å²) in [5, 5.41) is 31.4. The second-order valence-electron chi connectivity index (χ2n) is 21.2. The molecule has 83 heavy (non-hydrogen) atoms. The Balaban J connectivity index is 0.991. The number of nitrogens with one attached hydrogen (secondary N) is 5. The van der Waals surface area contributed by atoms with E-state index in [-0.39, 0.29) is 45.5 Å². The van der Waals surface area contributed by atoms with Crippen LogP contribution < -0.4 is 41.4 Å². The lowest BCUT2D eigenvalue weighted by Gasteiger charge is -2.36. The predicted molar refractivity (Wildman–Crippen MR) is 299 cm³/mol. The molecular weight excluding hydrogens is 1180 g/mol. The van der Waals surface area contributed by atoms with Crippen LogP contribution in [0.25, 0.3) is 22.1 Å². The molecule has 26 nitrogen and oxygen atoms in total. The van der Waals surface area contributed by atoms with Crippen LogP contribution in [0, 0.1) is 0 Å². The van der Waals surface area contributed by atoms with Crippen LogP contribution in [0.2, 0.25) is 0 Å². The lowest BCUT2D eigenvalue weighted by molar-refractivity contribution is -0.150. The molecule has 0 amide bonds. The van der Waals surface area contributed by atoms with E-state index in [2.05, 4.69) is 35.4 Å². The summed E-state index contributed by atoms with van der Waals surface area (Å²) < 4.78 is 110. The fourth-order valence-corrected chi connectivity index (χ4v) is 13.7. The van der Waals surface area contributed by atoms with Crippen molar-refractivity contribution in [3.63, 3.8) is 0 Å². The third-order valence-corrected chi connectivity index (χ3v) is 18.2. The number of esters is 2. The van der Waals surface area contributed by atoms with Crippen LogP contribution in [0.4, 0.5) is 20.7 Å². The molecule has 0 radical (unpaired) electrons. The first-order chi connectivity index (χ1) is 38.9. The summed E-state index contributed by atoms with van der Waals surface area (Å²) in [5.74, 6) is -2.32. The van der Waals surface area contributed by atoms with Gasteiger partial charge in [0.25, 0.3) is 11.1 Å². The number of halogens is 4. The minimum absolute atomic E-state index is 0.00518. The molecule has 6 heterocycles. The predicted octanol–water partition coefficient (Wildman–Crippen LogP) is 6.63. The number of nitrogens with two attached hydrogens (primary N) is 1. The summed E-state index contributed by atoms with van der Waals surface area (Å²) in [7, 11) is -9.45. The van der Waals surface area contributed by atoms with E-state index in [1.807, 2.05) is 0 Å². The molecule has 6 aromatic rings. The maximum Gasteiger partial charge on any atom is 0.460 e. The van der Waals surface area contributed by atoms with Gasteiger partial charge in [0, 0.05) is 12.4 Å². The smallest absolute Gasteiger partial charge is 0.460 e. The van der Waals surface area contributed by atoms with Gasteiger partial charge in [-0.3, -0.25) is 38.2 Å². The van der Waals surface area contributed by atoms with Gasteiger partial charge >= 0.3 is 27.4 Å². The van der Waals surface area contributed by atoms with Crippen LogP contribution >= 0.6 is 38.7 Å². The van der Waals surface area contributed by atoms with Gasteiger partial charge in [-0.15, -0.1) is 23.2 Å². The molecule has 0 aliphatic carbocycles. The number of alkyl halides is 4. The SMILES string of the molecule is CC(C)OC(=O)[C@H](C)NP(=O)(Oc1ccccc1)OC(C)(C)[C@H]1O[C@@H](n2ccc3c(=O)[nH]c(NC(C)OC(=O)[C@H](C)N[P@@](=O)(Oc4ccccc4)OC(C)(C)[C@H]4O[C@@H](n5ccc6c(=O)[nH]c(N)nc65)[C@@](Cl)(CF)C4O)nc32)[C@@](Cl)(CF)C1O. The van der Waals surface area contributed by atoms with Crippen molar-refractivity contribution in [1.82, 2.24) is 39.2 Å². The van der Waals surface area contributed by atoms with Crippen LogP contribution in [0.15, 0.2) is 94.8 Å². The van der Waals surface area contributed by atoms with Gasteiger partial charge in [-0.2, -0.15) is 20.1 Å². The second kappa shape index (κ2) is 24.2. The number of ether oxygens (including phenoxy) is 4. The number of benzene rings is 2. The maximum atomic E-state index is 15.4. The quantitative estimate of drug-likeness (QED) is 0.0136. The van der Waals surface area contributed by atoms with E-state index >= 15 is 8.78 Å². The Morgan fingerprint density at radius 2 is 1.12 bits per heavy atom. The van der Waals surface area contributed by atoms with Crippen LogP contribution in [0.3, 0.4) is 0 Å². The first-order valence-electron chi connectivity index (χ1n) is 25.8. The van der Waals surface area contributed by atoms with Gasteiger partial charge in [0.15, 0.2) is 30.0 Å². The van der Waals surface area contributed by atoms with Crippen molar-refractivity contribution in [1.29, 1.82) is 0 Å². The Morgan fingerprint density at radius 3 is 1.54 bits per heavy atom. The highest BCUT2D eigenvalue weighted by molar-refractivity contribution is 7.52. The minimum Gasteiger partial charge on any atom is -0.462 e. The Labute approximate surface area is 483 Å². The number of nitrogen functional groups attached to an aromatic ring is 1. The van der Waals surface area contributed by atoms with Gasteiger partial charge in [-0.05, 0) is 98.7 Å². The molecule has 4 unspecified atom stereocenters. The van der Waals surface area contributed by atoms with Crippen LogP contribution in [0.5, 0.6) is 11.5 Å². The van der Waals surface area contributed by atoms with Gasteiger partial charge in [0.2, 0.25) is 11.9 Å². The zero-order valence-corrected chi connectivity index (χ0v) is 49.5. The highest BCUT2D eigenvalue weighted by Crippen LogP contribution is 2.56. The Kier molecular flexibility index (Phi) is 18.4. The number of para-hydroxylation sites is 2. The molecule has 4 aromatic heterocycles. The second-order valence-corrected chi connectivity index (χ2v) is 25.9. The number of aliphatic hydroxyl groups is 2. The average molecular weight is 1240 g/mol. The number of carbonyl (C=O) groups is 2. The summed E-state index contributed by atoms with van der Waals surface area (Å²) in [6.07, 6.45) is -9.34. The number of H-pyrrole nitrogens is 2. The van der Waals surface area contributed by atoms with Crippen molar-refractivity contribution in [2.24, 2.45) is 0 Å². The van der Waals surface area contributed by atoms with Crippen molar-refractivity contribution in [2.75, 3.05) is 24.4 Å². The van der Waals surface area contributed by atoms with Crippen LogP contribution in [0.1, 0.15) is 74.8 Å².